The zero-order valence-corrected chi connectivity index (χ0v) is 16.5. The summed E-state index contributed by atoms with van der Waals surface area (Å²) in [5, 5.41) is 14.5. The third-order valence-electron chi connectivity index (χ3n) is 3.90. The Bertz CT molecular complexity index is 1110. The second kappa shape index (κ2) is 8.37. The van der Waals surface area contributed by atoms with Gasteiger partial charge in [0, 0.05) is 17.8 Å². The van der Waals surface area contributed by atoms with Crippen molar-refractivity contribution in [3.8, 4) is 5.75 Å². The second-order valence-corrected chi connectivity index (χ2v) is 7.72. The number of imidazole rings is 1. The van der Waals surface area contributed by atoms with Crippen molar-refractivity contribution in [1.82, 2.24) is 9.97 Å². The number of aromatic amines is 1. The van der Waals surface area contributed by atoms with E-state index in [1.807, 2.05) is 0 Å². The molecule has 0 aliphatic heterocycles. The van der Waals surface area contributed by atoms with Gasteiger partial charge in [0.2, 0.25) is 5.95 Å². The molecule has 0 spiro atoms. The van der Waals surface area contributed by atoms with Gasteiger partial charge in [0.25, 0.3) is 0 Å². The summed E-state index contributed by atoms with van der Waals surface area (Å²) in [4.78, 5) is 18.2. The largest absolute Gasteiger partial charge is 0.453 e. The Morgan fingerprint density at radius 2 is 1.97 bits per heavy atom. The predicted octanol–water partition coefficient (Wildman–Crippen LogP) is 2.30. The molecule has 10 nitrogen and oxygen atoms in total. The minimum Gasteiger partial charge on any atom is -0.453 e. The first-order valence-electron chi connectivity index (χ1n) is 8.57. The Morgan fingerprint density at radius 3 is 2.62 bits per heavy atom. The van der Waals surface area contributed by atoms with E-state index in [0.717, 1.165) is 0 Å². The molecule has 0 fully saturated rings. The number of nitrogens with zero attached hydrogens (tertiary/aromatic N) is 1. The van der Waals surface area contributed by atoms with Crippen LogP contribution in [0.3, 0.4) is 0 Å². The van der Waals surface area contributed by atoms with Crippen molar-refractivity contribution < 1.29 is 27.2 Å². The van der Waals surface area contributed by atoms with Gasteiger partial charge in [-0.3, -0.25) is 5.32 Å². The molecule has 154 valence electrons. The highest BCUT2D eigenvalue weighted by atomic mass is 32.2. The number of rotatable bonds is 7. The van der Waals surface area contributed by atoms with E-state index < -0.39 is 16.2 Å². The van der Waals surface area contributed by atoms with Crippen LogP contribution in [0.25, 0.3) is 11.0 Å². The van der Waals surface area contributed by atoms with Crippen molar-refractivity contribution in [1.29, 1.82) is 0 Å². The molecule has 4 N–H and O–H groups in total. The molecule has 0 aliphatic carbocycles. The number of aromatic nitrogens is 2. The molecule has 0 aliphatic rings. The van der Waals surface area contributed by atoms with Crippen LogP contribution in [0, 0.1) is 0 Å². The van der Waals surface area contributed by atoms with E-state index in [4.69, 9.17) is 9.29 Å². The molecule has 29 heavy (non-hydrogen) atoms. The van der Waals surface area contributed by atoms with Crippen LogP contribution in [0.5, 0.6) is 5.75 Å². The van der Waals surface area contributed by atoms with Crippen LogP contribution in [-0.4, -0.2) is 49.3 Å². The monoisotopic (exact) mass is 420 g/mol. The van der Waals surface area contributed by atoms with Crippen molar-refractivity contribution in [2.24, 2.45) is 0 Å². The predicted molar refractivity (Wildman–Crippen MR) is 107 cm³/mol. The second-order valence-electron chi connectivity index (χ2n) is 6.17. The lowest BCUT2D eigenvalue weighted by Crippen LogP contribution is -2.19. The summed E-state index contributed by atoms with van der Waals surface area (Å²) in [6.45, 7) is 1.75. The van der Waals surface area contributed by atoms with E-state index in [2.05, 4.69) is 25.3 Å². The number of ether oxygens (including phenoxy) is 1. The van der Waals surface area contributed by atoms with Crippen LogP contribution in [0.2, 0.25) is 0 Å². The van der Waals surface area contributed by atoms with Crippen LogP contribution in [0.1, 0.15) is 6.92 Å². The normalized spacial score (nSPS) is 12.4. The van der Waals surface area contributed by atoms with Gasteiger partial charge < -0.3 is 24.3 Å². The number of benzene rings is 2. The molecule has 1 aromatic heterocycles. The van der Waals surface area contributed by atoms with Gasteiger partial charge in [0.1, 0.15) is 10.6 Å². The lowest BCUT2D eigenvalue weighted by Gasteiger charge is -2.13. The number of anilines is 2. The Balaban J connectivity index is 1.77. The number of aliphatic hydroxyl groups excluding tert-OH is 1. The molecule has 1 heterocycles. The number of hydrogen-bond acceptors (Lipinski definition) is 8. The molecule has 0 saturated carbocycles. The number of fused-ring (bicyclic) bond motifs is 1. The first kappa shape index (κ1) is 20.4. The molecule has 1 atom stereocenters. The maximum atomic E-state index is 12.5. The summed E-state index contributed by atoms with van der Waals surface area (Å²) in [7, 11) is -2.82. The van der Waals surface area contributed by atoms with Gasteiger partial charge in [0.05, 0.1) is 24.8 Å². The van der Waals surface area contributed by atoms with Crippen molar-refractivity contribution in [2.45, 2.75) is 17.9 Å². The first-order chi connectivity index (χ1) is 13.8. The number of methoxy groups -OCH3 is 1. The van der Waals surface area contributed by atoms with Crippen molar-refractivity contribution >= 4 is 38.9 Å². The minimum atomic E-state index is -4.05. The zero-order valence-electron chi connectivity index (χ0n) is 15.7. The van der Waals surface area contributed by atoms with Crippen LogP contribution >= 0.6 is 0 Å². The number of nitrogens with one attached hydrogen (secondary N) is 3. The standard InChI is InChI=1S/C18H20N4O6S/c1-11(10-23)19-12-3-6-14(7-4-12)29(25,26)28-13-5-8-15-16(9-13)21-17(20-15)22-18(24)27-2/h3-9,11,19,23H,10H2,1-2H3,(H2,20,21,22,24). The maximum Gasteiger partial charge on any atom is 0.413 e. The van der Waals surface area contributed by atoms with Crippen LogP contribution in [0.4, 0.5) is 16.4 Å². The molecule has 2 aromatic carbocycles. The Labute approximate surface area is 167 Å². The molecule has 3 aromatic rings. The molecule has 1 unspecified atom stereocenters. The summed E-state index contributed by atoms with van der Waals surface area (Å²) in [5.74, 6) is 0.244. The van der Waals surface area contributed by atoms with E-state index >= 15 is 0 Å². The number of hydrogen-bond donors (Lipinski definition) is 4. The molecule has 0 radical (unpaired) electrons. The van der Waals surface area contributed by atoms with Gasteiger partial charge in [-0.05, 0) is 43.3 Å². The highest BCUT2D eigenvalue weighted by Crippen LogP contribution is 2.24. The number of H-pyrrole nitrogens is 1. The third kappa shape index (κ3) is 4.95. The summed E-state index contributed by atoms with van der Waals surface area (Å²) in [5.41, 5.74) is 1.66. The van der Waals surface area contributed by atoms with Gasteiger partial charge >= 0.3 is 16.2 Å². The molecule has 1 amide bonds. The lowest BCUT2D eigenvalue weighted by molar-refractivity contribution is 0.186. The minimum absolute atomic E-state index is 0.0162. The molecule has 0 saturated heterocycles. The van der Waals surface area contributed by atoms with Crippen molar-refractivity contribution in [3.63, 3.8) is 0 Å². The fourth-order valence-electron chi connectivity index (χ4n) is 2.47. The molecule has 0 bridgehead atoms. The van der Waals surface area contributed by atoms with Crippen molar-refractivity contribution in [2.75, 3.05) is 24.4 Å². The van der Waals surface area contributed by atoms with E-state index in [1.165, 1.54) is 31.4 Å². The Hall–Kier alpha value is -3.31. The van der Waals surface area contributed by atoms with E-state index in [9.17, 15) is 13.2 Å². The Kier molecular flexibility index (Phi) is 5.89. The molecular formula is C18H20N4O6S. The highest BCUT2D eigenvalue weighted by molar-refractivity contribution is 7.87. The lowest BCUT2D eigenvalue weighted by atomic mass is 10.3. The highest BCUT2D eigenvalue weighted by Gasteiger charge is 2.18. The summed E-state index contributed by atoms with van der Waals surface area (Å²) >= 11 is 0. The number of amides is 1. The molecule has 3 rings (SSSR count). The average Bonchev–Trinajstić information content (AvgIpc) is 3.09. The van der Waals surface area contributed by atoms with Gasteiger partial charge in [-0.15, -0.1) is 0 Å². The quantitative estimate of drug-likeness (QED) is 0.427. The fourth-order valence-corrected chi connectivity index (χ4v) is 3.39. The zero-order chi connectivity index (χ0) is 21.0. The first-order valence-corrected chi connectivity index (χ1v) is 9.98. The Morgan fingerprint density at radius 1 is 1.24 bits per heavy atom. The molecular weight excluding hydrogens is 400 g/mol. The van der Waals surface area contributed by atoms with E-state index in [0.29, 0.717) is 16.7 Å². The van der Waals surface area contributed by atoms with Crippen LogP contribution in [-0.2, 0) is 14.9 Å². The van der Waals surface area contributed by atoms with E-state index in [-0.39, 0.29) is 29.2 Å². The third-order valence-corrected chi connectivity index (χ3v) is 5.16. The van der Waals surface area contributed by atoms with Gasteiger partial charge in [0.15, 0.2) is 0 Å². The van der Waals surface area contributed by atoms with E-state index in [1.54, 1.807) is 25.1 Å². The van der Waals surface area contributed by atoms with Gasteiger partial charge in [-0.2, -0.15) is 8.42 Å². The van der Waals surface area contributed by atoms with Gasteiger partial charge in [-0.25, -0.2) is 9.78 Å². The number of carbonyl (C=O) groups is 1. The average molecular weight is 420 g/mol. The summed E-state index contributed by atoms with van der Waals surface area (Å²) in [6.07, 6.45) is -0.686. The summed E-state index contributed by atoms with van der Waals surface area (Å²) in [6, 6.07) is 10.3. The van der Waals surface area contributed by atoms with Gasteiger partial charge in [-0.1, -0.05) is 0 Å². The van der Waals surface area contributed by atoms with Crippen molar-refractivity contribution in [3.05, 3.63) is 42.5 Å². The summed E-state index contributed by atoms with van der Waals surface area (Å²) < 4.78 is 34.8. The topological polar surface area (TPSA) is 143 Å². The maximum absolute atomic E-state index is 12.5. The smallest absolute Gasteiger partial charge is 0.413 e. The number of carbonyl (C=O) groups excluding carboxylic acids is 1. The van der Waals surface area contributed by atoms with Crippen LogP contribution in [0.15, 0.2) is 47.4 Å². The van der Waals surface area contributed by atoms with Crippen LogP contribution < -0.4 is 14.8 Å². The fraction of sp³-hybridized carbons (Fsp3) is 0.222. The SMILES string of the molecule is COC(=O)Nc1nc2ccc(OS(=O)(=O)c3ccc(NC(C)CO)cc3)cc2[nH]1. The molecule has 11 heteroatoms. The number of aliphatic hydroxyl groups is 1.